The Bertz CT molecular complexity index is 584. The van der Waals surface area contributed by atoms with Crippen LogP contribution in [-0.4, -0.2) is 21.8 Å². The van der Waals surface area contributed by atoms with Crippen molar-refractivity contribution in [3.63, 3.8) is 0 Å². The Balaban J connectivity index is 2.19. The topological polar surface area (TPSA) is 98.0 Å². The molecule has 0 saturated carbocycles. The highest BCUT2D eigenvalue weighted by molar-refractivity contribution is 6.03. The fourth-order valence-electron chi connectivity index (χ4n) is 1.33. The summed E-state index contributed by atoms with van der Waals surface area (Å²) >= 11 is 0. The van der Waals surface area contributed by atoms with Crippen LogP contribution in [0.3, 0.4) is 0 Å². The first-order chi connectivity index (χ1) is 8.66. The molecule has 2 heterocycles. The summed E-state index contributed by atoms with van der Waals surface area (Å²) < 4.78 is 0. The molecule has 3 N–H and O–H groups in total. The zero-order valence-corrected chi connectivity index (χ0v) is 9.33. The Labute approximate surface area is 103 Å². The van der Waals surface area contributed by atoms with Gasteiger partial charge >= 0.3 is 0 Å². The van der Waals surface area contributed by atoms with E-state index in [1.54, 1.807) is 24.4 Å². The molecule has 2 aromatic rings. The van der Waals surface area contributed by atoms with Crippen LogP contribution in [-0.2, 0) is 0 Å². The van der Waals surface area contributed by atoms with E-state index in [0.717, 1.165) is 0 Å². The number of carbonyl (C=O) groups excluding carboxylic acids is 2. The highest BCUT2D eigenvalue weighted by Crippen LogP contribution is 2.06. The largest absolute Gasteiger partial charge is 0.364 e. The summed E-state index contributed by atoms with van der Waals surface area (Å²) in [6.45, 7) is 0. The molecule has 0 bridgehead atoms. The molecule has 6 heteroatoms. The number of primary amides is 1. The zero-order valence-electron chi connectivity index (χ0n) is 9.33. The summed E-state index contributed by atoms with van der Waals surface area (Å²) in [7, 11) is 0. The van der Waals surface area contributed by atoms with Gasteiger partial charge in [0.2, 0.25) is 0 Å². The fourth-order valence-corrected chi connectivity index (χ4v) is 1.33. The number of amides is 2. The van der Waals surface area contributed by atoms with Gasteiger partial charge in [0.15, 0.2) is 0 Å². The van der Waals surface area contributed by atoms with Gasteiger partial charge in [-0.25, -0.2) is 4.98 Å². The van der Waals surface area contributed by atoms with Gasteiger partial charge in [-0.1, -0.05) is 6.07 Å². The van der Waals surface area contributed by atoms with Crippen LogP contribution in [0.1, 0.15) is 21.0 Å². The van der Waals surface area contributed by atoms with Crippen LogP contribution in [0, 0.1) is 0 Å². The predicted molar refractivity (Wildman–Crippen MR) is 64.9 cm³/mol. The number of nitrogens with one attached hydrogen (secondary N) is 1. The van der Waals surface area contributed by atoms with Crippen molar-refractivity contribution in [2.75, 3.05) is 5.32 Å². The Hall–Kier alpha value is -2.76. The Morgan fingerprint density at radius 2 is 1.89 bits per heavy atom. The first-order valence-electron chi connectivity index (χ1n) is 5.15. The first-order valence-corrected chi connectivity index (χ1v) is 5.15. The van der Waals surface area contributed by atoms with Crippen LogP contribution in [0.5, 0.6) is 0 Å². The lowest BCUT2D eigenvalue weighted by molar-refractivity contribution is 0.0995. The summed E-state index contributed by atoms with van der Waals surface area (Å²) in [6, 6.07) is 7.89. The van der Waals surface area contributed by atoms with Gasteiger partial charge in [0, 0.05) is 6.20 Å². The molecule has 0 fully saturated rings. The maximum absolute atomic E-state index is 11.8. The lowest BCUT2D eigenvalue weighted by Gasteiger charge is -2.04. The molecular formula is C12H10N4O2. The van der Waals surface area contributed by atoms with Crippen LogP contribution >= 0.6 is 0 Å². The van der Waals surface area contributed by atoms with Crippen molar-refractivity contribution in [3.8, 4) is 0 Å². The van der Waals surface area contributed by atoms with Gasteiger partial charge in [0.1, 0.15) is 11.4 Å². The minimum atomic E-state index is -0.675. The van der Waals surface area contributed by atoms with E-state index in [-0.39, 0.29) is 11.4 Å². The van der Waals surface area contributed by atoms with Gasteiger partial charge in [-0.3, -0.25) is 14.6 Å². The molecule has 18 heavy (non-hydrogen) atoms. The minimum absolute atomic E-state index is 0.0498. The monoisotopic (exact) mass is 242 g/mol. The molecule has 0 aliphatic rings. The van der Waals surface area contributed by atoms with Crippen LogP contribution in [0.2, 0.25) is 0 Å². The third kappa shape index (κ3) is 2.67. The summed E-state index contributed by atoms with van der Waals surface area (Å²) in [5.41, 5.74) is 5.81. The molecule has 0 aliphatic carbocycles. The fraction of sp³-hybridized carbons (Fsp3) is 0. The van der Waals surface area contributed by atoms with E-state index in [2.05, 4.69) is 15.3 Å². The van der Waals surface area contributed by atoms with Crippen molar-refractivity contribution in [1.82, 2.24) is 9.97 Å². The standard InChI is InChI=1S/C12H10N4O2/c13-11(17)9-4-1-5-10(16-9)12(18)15-8-3-2-6-14-7-8/h1-7H,(H2,13,17)(H,15,18). The average Bonchev–Trinajstić information content (AvgIpc) is 2.40. The van der Waals surface area contributed by atoms with E-state index in [0.29, 0.717) is 5.69 Å². The molecule has 90 valence electrons. The van der Waals surface area contributed by atoms with Crippen molar-refractivity contribution in [2.24, 2.45) is 5.73 Å². The van der Waals surface area contributed by atoms with Gasteiger partial charge < -0.3 is 11.1 Å². The van der Waals surface area contributed by atoms with E-state index in [1.165, 1.54) is 18.3 Å². The second kappa shape index (κ2) is 5.05. The number of hydrogen-bond donors (Lipinski definition) is 2. The third-order valence-corrected chi connectivity index (χ3v) is 2.15. The molecule has 0 spiro atoms. The summed E-state index contributed by atoms with van der Waals surface area (Å²) in [6.07, 6.45) is 3.11. The highest BCUT2D eigenvalue weighted by atomic mass is 16.2. The molecule has 0 radical (unpaired) electrons. The molecule has 0 atom stereocenters. The Kier molecular flexibility index (Phi) is 3.29. The molecule has 6 nitrogen and oxygen atoms in total. The maximum Gasteiger partial charge on any atom is 0.274 e. The molecule has 0 aromatic carbocycles. The number of aromatic nitrogens is 2. The smallest absolute Gasteiger partial charge is 0.274 e. The minimum Gasteiger partial charge on any atom is -0.364 e. The van der Waals surface area contributed by atoms with Crippen molar-refractivity contribution in [2.45, 2.75) is 0 Å². The SMILES string of the molecule is NC(=O)c1cccc(C(=O)Nc2cccnc2)n1. The number of carbonyl (C=O) groups is 2. The molecule has 0 unspecified atom stereocenters. The number of pyridine rings is 2. The number of nitrogens with zero attached hydrogens (tertiary/aromatic N) is 2. The van der Waals surface area contributed by atoms with Gasteiger partial charge in [-0.15, -0.1) is 0 Å². The van der Waals surface area contributed by atoms with E-state index < -0.39 is 11.8 Å². The number of anilines is 1. The van der Waals surface area contributed by atoms with E-state index >= 15 is 0 Å². The lowest BCUT2D eigenvalue weighted by Crippen LogP contribution is -2.18. The van der Waals surface area contributed by atoms with Crippen LogP contribution in [0.4, 0.5) is 5.69 Å². The second-order valence-corrected chi connectivity index (χ2v) is 3.47. The molecule has 0 saturated heterocycles. The zero-order chi connectivity index (χ0) is 13.0. The third-order valence-electron chi connectivity index (χ3n) is 2.15. The van der Waals surface area contributed by atoms with Crippen molar-refractivity contribution >= 4 is 17.5 Å². The Morgan fingerprint density at radius 3 is 2.56 bits per heavy atom. The first kappa shape index (κ1) is 11.7. The van der Waals surface area contributed by atoms with Crippen LogP contribution < -0.4 is 11.1 Å². The van der Waals surface area contributed by atoms with Crippen molar-refractivity contribution in [1.29, 1.82) is 0 Å². The van der Waals surface area contributed by atoms with Crippen molar-refractivity contribution in [3.05, 3.63) is 54.1 Å². The average molecular weight is 242 g/mol. The van der Waals surface area contributed by atoms with Gasteiger partial charge in [-0.2, -0.15) is 0 Å². The molecular weight excluding hydrogens is 232 g/mol. The number of hydrogen-bond acceptors (Lipinski definition) is 4. The lowest BCUT2D eigenvalue weighted by atomic mass is 10.2. The molecule has 2 aromatic heterocycles. The van der Waals surface area contributed by atoms with Crippen LogP contribution in [0.15, 0.2) is 42.7 Å². The highest BCUT2D eigenvalue weighted by Gasteiger charge is 2.10. The van der Waals surface area contributed by atoms with Gasteiger partial charge in [0.05, 0.1) is 11.9 Å². The van der Waals surface area contributed by atoms with Gasteiger partial charge in [0.25, 0.3) is 11.8 Å². The van der Waals surface area contributed by atoms with Crippen LogP contribution in [0.25, 0.3) is 0 Å². The van der Waals surface area contributed by atoms with Crippen molar-refractivity contribution < 1.29 is 9.59 Å². The summed E-state index contributed by atoms with van der Waals surface area (Å²) in [5.74, 6) is -1.10. The quantitative estimate of drug-likeness (QED) is 0.832. The summed E-state index contributed by atoms with van der Waals surface area (Å²) in [4.78, 5) is 30.5. The Morgan fingerprint density at radius 1 is 1.11 bits per heavy atom. The maximum atomic E-state index is 11.8. The second-order valence-electron chi connectivity index (χ2n) is 3.47. The van der Waals surface area contributed by atoms with Gasteiger partial charge in [-0.05, 0) is 24.3 Å². The number of rotatable bonds is 3. The van der Waals surface area contributed by atoms with E-state index in [9.17, 15) is 9.59 Å². The van der Waals surface area contributed by atoms with E-state index in [4.69, 9.17) is 5.73 Å². The predicted octanol–water partition coefficient (Wildman–Crippen LogP) is 0.828. The summed E-state index contributed by atoms with van der Waals surface area (Å²) in [5, 5.41) is 2.61. The number of nitrogens with two attached hydrogens (primary N) is 1. The normalized spacial score (nSPS) is 9.78. The molecule has 2 amide bonds. The van der Waals surface area contributed by atoms with E-state index in [1.807, 2.05) is 0 Å². The molecule has 2 rings (SSSR count). The molecule has 0 aliphatic heterocycles.